The third-order valence-corrected chi connectivity index (χ3v) is 2.38. The van der Waals surface area contributed by atoms with Gasteiger partial charge in [0.15, 0.2) is 0 Å². The maximum Gasteiger partial charge on any atom is 0.347 e. The lowest BCUT2D eigenvalue weighted by molar-refractivity contribution is 0.294. The molecule has 1 heterocycles. The molecule has 1 aromatic heterocycles. The fourth-order valence-corrected chi connectivity index (χ4v) is 1.50. The Balaban J connectivity index is 1.99. The van der Waals surface area contributed by atoms with Crippen LogP contribution in [0.5, 0.6) is 5.75 Å². The highest BCUT2D eigenvalue weighted by Gasteiger charge is 2.01. The van der Waals surface area contributed by atoms with Gasteiger partial charge >= 0.3 is 5.69 Å². The Labute approximate surface area is 104 Å². The molecule has 0 aliphatic rings. The zero-order chi connectivity index (χ0) is 12.8. The Morgan fingerprint density at radius 2 is 2.17 bits per heavy atom. The van der Waals surface area contributed by atoms with Crippen LogP contribution in [0.1, 0.15) is 5.56 Å². The zero-order valence-corrected chi connectivity index (χ0v) is 9.61. The van der Waals surface area contributed by atoms with E-state index in [1.165, 1.54) is 10.8 Å². The Bertz CT molecular complexity index is 628. The van der Waals surface area contributed by atoms with Crippen LogP contribution in [0.4, 0.5) is 0 Å². The molecule has 90 valence electrons. The standard InChI is InChI=1S/C13H11N3O2/c14-10-11-4-1-2-5-12(11)18-9-8-16-7-3-6-15-13(16)17/h1-7H,8-9H2. The second kappa shape index (κ2) is 5.64. The first-order valence-corrected chi connectivity index (χ1v) is 5.44. The van der Waals surface area contributed by atoms with Crippen LogP contribution in [-0.2, 0) is 6.54 Å². The van der Waals surface area contributed by atoms with Gasteiger partial charge in [-0.1, -0.05) is 12.1 Å². The van der Waals surface area contributed by atoms with Crippen LogP contribution < -0.4 is 10.4 Å². The molecule has 0 amide bonds. The molecule has 0 aliphatic heterocycles. The molecule has 0 N–H and O–H groups in total. The predicted molar refractivity (Wildman–Crippen MR) is 65.1 cm³/mol. The van der Waals surface area contributed by atoms with Crippen LogP contribution in [0, 0.1) is 11.3 Å². The van der Waals surface area contributed by atoms with E-state index in [0.717, 1.165) is 0 Å². The molecule has 0 fully saturated rings. The maximum absolute atomic E-state index is 11.3. The van der Waals surface area contributed by atoms with Gasteiger partial charge in [0.25, 0.3) is 0 Å². The summed E-state index contributed by atoms with van der Waals surface area (Å²) in [5.74, 6) is 0.525. The van der Waals surface area contributed by atoms with E-state index in [-0.39, 0.29) is 5.69 Å². The monoisotopic (exact) mass is 241 g/mol. The second-order valence-electron chi connectivity index (χ2n) is 3.55. The molecule has 0 spiro atoms. The van der Waals surface area contributed by atoms with Crippen molar-refractivity contribution in [1.29, 1.82) is 5.26 Å². The van der Waals surface area contributed by atoms with Gasteiger partial charge in [0.05, 0.1) is 12.1 Å². The first-order valence-electron chi connectivity index (χ1n) is 5.44. The van der Waals surface area contributed by atoms with Crippen molar-refractivity contribution in [2.24, 2.45) is 0 Å². The minimum Gasteiger partial charge on any atom is -0.490 e. The average molecular weight is 241 g/mol. The van der Waals surface area contributed by atoms with Crippen molar-refractivity contribution in [3.63, 3.8) is 0 Å². The van der Waals surface area contributed by atoms with E-state index >= 15 is 0 Å². The summed E-state index contributed by atoms with van der Waals surface area (Å²) in [6.07, 6.45) is 3.10. The molecule has 0 saturated carbocycles. The van der Waals surface area contributed by atoms with Gasteiger partial charge in [0.1, 0.15) is 18.4 Å². The fourth-order valence-electron chi connectivity index (χ4n) is 1.50. The summed E-state index contributed by atoms with van der Waals surface area (Å²) in [5.41, 5.74) is 0.172. The molecule has 5 nitrogen and oxygen atoms in total. The molecule has 18 heavy (non-hydrogen) atoms. The molecule has 0 aliphatic carbocycles. The van der Waals surface area contributed by atoms with E-state index in [9.17, 15) is 4.79 Å². The van der Waals surface area contributed by atoms with Gasteiger partial charge in [0, 0.05) is 12.4 Å². The van der Waals surface area contributed by atoms with Gasteiger partial charge in [0.2, 0.25) is 0 Å². The maximum atomic E-state index is 11.3. The summed E-state index contributed by atoms with van der Waals surface area (Å²) in [5, 5.41) is 8.88. The van der Waals surface area contributed by atoms with Crippen molar-refractivity contribution in [2.45, 2.75) is 6.54 Å². The SMILES string of the molecule is N#Cc1ccccc1OCCn1cccnc1=O. The molecular weight excluding hydrogens is 230 g/mol. The molecule has 0 unspecified atom stereocenters. The van der Waals surface area contributed by atoms with Gasteiger partial charge in [-0.3, -0.25) is 4.57 Å². The lowest BCUT2D eigenvalue weighted by Crippen LogP contribution is -2.24. The van der Waals surface area contributed by atoms with Gasteiger partial charge in [-0.05, 0) is 18.2 Å². The number of hydrogen-bond donors (Lipinski definition) is 0. The summed E-state index contributed by atoms with van der Waals surface area (Å²) in [4.78, 5) is 15.0. The van der Waals surface area contributed by atoms with Crippen LogP contribution in [0.15, 0.2) is 47.5 Å². The summed E-state index contributed by atoms with van der Waals surface area (Å²) >= 11 is 0. The van der Waals surface area contributed by atoms with E-state index in [2.05, 4.69) is 4.98 Å². The number of ether oxygens (including phenoxy) is 1. The molecule has 0 bridgehead atoms. The molecule has 2 rings (SSSR count). The van der Waals surface area contributed by atoms with E-state index in [1.807, 2.05) is 6.07 Å². The number of para-hydroxylation sites is 1. The van der Waals surface area contributed by atoms with Gasteiger partial charge in [-0.15, -0.1) is 0 Å². The summed E-state index contributed by atoms with van der Waals surface area (Å²) in [6.45, 7) is 0.705. The molecule has 0 radical (unpaired) electrons. The van der Waals surface area contributed by atoms with Crippen LogP contribution in [-0.4, -0.2) is 16.2 Å². The number of aromatic nitrogens is 2. The van der Waals surface area contributed by atoms with Gasteiger partial charge in [-0.25, -0.2) is 9.78 Å². The van der Waals surface area contributed by atoms with Crippen LogP contribution in [0.2, 0.25) is 0 Å². The minimum atomic E-state index is -0.310. The highest BCUT2D eigenvalue weighted by Crippen LogP contribution is 2.16. The number of nitrogens with zero attached hydrogens (tertiary/aromatic N) is 3. The minimum absolute atomic E-state index is 0.310. The lowest BCUT2D eigenvalue weighted by atomic mass is 10.2. The Morgan fingerprint density at radius 1 is 1.33 bits per heavy atom. The van der Waals surface area contributed by atoms with E-state index in [4.69, 9.17) is 10.00 Å². The normalized spacial score (nSPS) is 9.72. The molecule has 1 aromatic carbocycles. The van der Waals surface area contributed by atoms with Gasteiger partial charge in [-0.2, -0.15) is 5.26 Å². The van der Waals surface area contributed by atoms with Crippen molar-refractivity contribution < 1.29 is 4.74 Å². The Morgan fingerprint density at radius 3 is 2.94 bits per heavy atom. The molecule has 2 aromatic rings. The van der Waals surface area contributed by atoms with Crippen LogP contribution in [0.25, 0.3) is 0 Å². The van der Waals surface area contributed by atoms with Crippen molar-refractivity contribution in [2.75, 3.05) is 6.61 Å². The topological polar surface area (TPSA) is 67.9 Å². The fraction of sp³-hybridized carbons (Fsp3) is 0.154. The van der Waals surface area contributed by atoms with E-state index < -0.39 is 0 Å². The highest BCUT2D eigenvalue weighted by atomic mass is 16.5. The van der Waals surface area contributed by atoms with Gasteiger partial charge < -0.3 is 4.74 Å². The van der Waals surface area contributed by atoms with Crippen molar-refractivity contribution in [3.05, 3.63) is 58.8 Å². The first-order chi connectivity index (χ1) is 8.81. The van der Waals surface area contributed by atoms with E-state index in [0.29, 0.717) is 24.5 Å². The number of rotatable bonds is 4. The van der Waals surface area contributed by atoms with Crippen molar-refractivity contribution in [1.82, 2.24) is 9.55 Å². The van der Waals surface area contributed by atoms with Crippen molar-refractivity contribution in [3.8, 4) is 11.8 Å². The summed E-state index contributed by atoms with van der Waals surface area (Å²) in [6, 6.07) is 10.7. The molecule has 0 atom stereocenters. The van der Waals surface area contributed by atoms with Crippen LogP contribution in [0.3, 0.4) is 0 Å². The number of nitriles is 1. The Kier molecular flexibility index (Phi) is 3.72. The molecule has 5 heteroatoms. The number of hydrogen-bond acceptors (Lipinski definition) is 4. The zero-order valence-electron chi connectivity index (χ0n) is 9.61. The lowest BCUT2D eigenvalue weighted by Gasteiger charge is -2.08. The first kappa shape index (κ1) is 11.9. The largest absolute Gasteiger partial charge is 0.490 e. The van der Waals surface area contributed by atoms with Crippen molar-refractivity contribution >= 4 is 0 Å². The quantitative estimate of drug-likeness (QED) is 0.806. The second-order valence-corrected chi connectivity index (χ2v) is 3.55. The smallest absolute Gasteiger partial charge is 0.347 e. The predicted octanol–water partition coefficient (Wildman–Crippen LogP) is 1.19. The molecular formula is C13H11N3O2. The summed E-state index contributed by atoms with van der Waals surface area (Å²) < 4.78 is 6.93. The highest BCUT2D eigenvalue weighted by molar-refractivity contribution is 5.42. The average Bonchev–Trinajstić information content (AvgIpc) is 2.41. The summed E-state index contributed by atoms with van der Waals surface area (Å²) in [7, 11) is 0. The third-order valence-electron chi connectivity index (χ3n) is 2.38. The van der Waals surface area contributed by atoms with Crippen LogP contribution >= 0.6 is 0 Å². The Hall–Kier alpha value is -2.61. The number of benzene rings is 1. The molecule has 0 saturated heterocycles. The van der Waals surface area contributed by atoms with E-state index in [1.54, 1.807) is 36.5 Å². The third kappa shape index (κ3) is 2.74.